The van der Waals surface area contributed by atoms with E-state index in [0.717, 1.165) is 13.0 Å². The molecule has 0 rings (SSSR count). The Hall–Kier alpha value is -0.790. The van der Waals surface area contributed by atoms with Crippen LogP contribution in [0.25, 0.3) is 0 Å². The molecule has 0 saturated heterocycles. The molecule has 0 N–H and O–H groups in total. The van der Waals surface area contributed by atoms with Crippen molar-refractivity contribution in [3.63, 3.8) is 0 Å². The van der Waals surface area contributed by atoms with Crippen molar-refractivity contribution in [2.75, 3.05) is 13.6 Å². The van der Waals surface area contributed by atoms with Gasteiger partial charge in [-0.3, -0.25) is 4.79 Å². The van der Waals surface area contributed by atoms with Crippen LogP contribution in [0.2, 0.25) is 0 Å². The van der Waals surface area contributed by atoms with E-state index in [4.69, 9.17) is 0 Å². The van der Waals surface area contributed by atoms with E-state index in [2.05, 4.69) is 6.92 Å². The van der Waals surface area contributed by atoms with Gasteiger partial charge in [-0.1, -0.05) is 38.3 Å². The standard InChI is InChI=1S/C12H23NO/c1-4-6-8-9-11-13(3)12(14)10-7-5-2/h5,7H,4,6,8-11H2,1-3H3. The van der Waals surface area contributed by atoms with E-state index in [1.54, 1.807) is 0 Å². The second kappa shape index (κ2) is 8.79. The summed E-state index contributed by atoms with van der Waals surface area (Å²) in [5.41, 5.74) is 0. The number of nitrogens with zero attached hydrogens (tertiary/aromatic N) is 1. The molecule has 0 aromatic heterocycles. The highest BCUT2D eigenvalue weighted by Gasteiger charge is 2.04. The van der Waals surface area contributed by atoms with Crippen LogP contribution < -0.4 is 0 Å². The van der Waals surface area contributed by atoms with Crippen molar-refractivity contribution in [1.29, 1.82) is 0 Å². The topological polar surface area (TPSA) is 20.3 Å². The van der Waals surface area contributed by atoms with Crippen LogP contribution in [0.3, 0.4) is 0 Å². The Bertz CT molecular complexity index is 175. The number of allylic oxidation sites excluding steroid dienone is 1. The molecule has 82 valence electrons. The van der Waals surface area contributed by atoms with Gasteiger partial charge in [0.15, 0.2) is 0 Å². The quantitative estimate of drug-likeness (QED) is 0.454. The first-order valence-corrected chi connectivity index (χ1v) is 5.57. The van der Waals surface area contributed by atoms with E-state index in [1.165, 1.54) is 19.3 Å². The van der Waals surface area contributed by atoms with E-state index < -0.39 is 0 Å². The number of carbonyl (C=O) groups excluding carboxylic acids is 1. The van der Waals surface area contributed by atoms with Crippen molar-refractivity contribution < 1.29 is 4.79 Å². The summed E-state index contributed by atoms with van der Waals surface area (Å²) in [6.45, 7) is 5.03. The average molecular weight is 197 g/mol. The van der Waals surface area contributed by atoms with Crippen molar-refractivity contribution in [2.24, 2.45) is 0 Å². The fourth-order valence-corrected chi connectivity index (χ4v) is 1.27. The summed E-state index contributed by atoms with van der Waals surface area (Å²) >= 11 is 0. The van der Waals surface area contributed by atoms with Gasteiger partial charge in [-0.2, -0.15) is 0 Å². The van der Waals surface area contributed by atoms with Crippen molar-refractivity contribution in [3.05, 3.63) is 12.2 Å². The summed E-state index contributed by atoms with van der Waals surface area (Å²) in [5.74, 6) is 0.222. The minimum Gasteiger partial charge on any atom is -0.345 e. The molecular formula is C12H23NO. The second-order valence-corrected chi connectivity index (χ2v) is 3.65. The maximum Gasteiger partial charge on any atom is 0.226 e. The van der Waals surface area contributed by atoms with E-state index in [1.807, 2.05) is 31.0 Å². The molecule has 0 spiro atoms. The third kappa shape index (κ3) is 6.70. The fourth-order valence-electron chi connectivity index (χ4n) is 1.27. The van der Waals surface area contributed by atoms with Gasteiger partial charge in [0, 0.05) is 20.0 Å². The fraction of sp³-hybridized carbons (Fsp3) is 0.750. The molecule has 0 aromatic carbocycles. The van der Waals surface area contributed by atoms with Crippen molar-refractivity contribution in [2.45, 2.75) is 46.0 Å². The van der Waals surface area contributed by atoms with Gasteiger partial charge in [0.1, 0.15) is 0 Å². The molecule has 0 bridgehead atoms. The van der Waals surface area contributed by atoms with Crippen molar-refractivity contribution in [1.82, 2.24) is 4.90 Å². The van der Waals surface area contributed by atoms with Crippen LogP contribution in [0.5, 0.6) is 0 Å². The molecule has 0 radical (unpaired) electrons. The van der Waals surface area contributed by atoms with Crippen LogP contribution >= 0.6 is 0 Å². The molecule has 0 atom stereocenters. The van der Waals surface area contributed by atoms with Gasteiger partial charge in [0.05, 0.1) is 0 Å². The zero-order valence-corrected chi connectivity index (χ0v) is 9.75. The Morgan fingerprint density at radius 1 is 1.29 bits per heavy atom. The van der Waals surface area contributed by atoms with Crippen LogP contribution in [0.1, 0.15) is 46.0 Å². The number of rotatable bonds is 7. The minimum absolute atomic E-state index is 0.222. The van der Waals surface area contributed by atoms with Gasteiger partial charge in [0.25, 0.3) is 0 Å². The monoisotopic (exact) mass is 197 g/mol. The van der Waals surface area contributed by atoms with Crippen LogP contribution in [0.4, 0.5) is 0 Å². The predicted molar refractivity (Wildman–Crippen MR) is 61.2 cm³/mol. The molecule has 2 heteroatoms. The van der Waals surface area contributed by atoms with Crippen LogP contribution in [0.15, 0.2) is 12.2 Å². The normalized spacial score (nSPS) is 10.8. The van der Waals surface area contributed by atoms with Gasteiger partial charge in [-0.05, 0) is 13.3 Å². The highest BCUT2D eigenvalue weighted by molar-refractivity contribution is 5.77. The second-order valence-electron chi connectivity index (χ2n) is 3.65. The number of carbonyl (C=O) groups is 1. The van der Waals surface area contributed by atoms with Crippen LogP contribution in [-0.2, 0) is 4.79 Å². The maximum absolute atomic E-state index is 11.4. The summed E-state index contributed by atoms with van der Waals surface area (Å²) in [6.07, 6.45) is 9.26. The molecule has 0 unspecified atom stereocenters. The highest BCUT2D eigenvalue weighted by atomic mass is 16.2. The third-order valence-corrected chi connectivity index (χ3v) is 2.30. The van der Waals surface area contributed by atoms with Gasteiger partial charge in [-0.15, -0.1) is 0 Å². The lowest BCUT2D eigenvalue weighted by molar-refractivity contribution is -0.129. The average Bonchev–Trinajstić information content (AvgIpc) is 2.20. The Labute approximate surface area is 88.0 Å². The Kier molecular flexibility index (Phi) is 8.30. The minimum atomic E-state index is 0.222. The molecule has 0 aliphatic carbocycles. The lowest BCUT2D eigenvalue weighted by Gasteiger charge is -2.15. The molecule has 14 heavy (non-hydrogen) atoms. The Morgan fingerprint density at radius 3 is 2.57 bits per heavy atom. The lowest BCUT2D eigenvalue weighted by atomic mass is 10.2. The van der Waals surface area contributed by atoms with E-state index >= 15 is 0 Å². The van der Waals surface area contributed by atoms with Gasteiger partial charge < -0.3 is 4.90 Å². The van der Waals surface area contributed by atoms with E-state index in [-0.39, 0.29) is 5.91 Å². The van der Waals surface area contributed by atoms with Crippen LogP contribution in [-0.4, -0.2) is 24.4 Å². The first-order valence-electron chi connectivity index (χ1n) is 5.57. The number of hydrogen-bond acceptors (Lipinski definition) is 1. The zero-order valence-electron chi connectivity index (χ0n) is 9.75. The van der Waals surface area contributed by atoms with Gasteiger partial charge in [0.2, 0.25) is 5.91 Å². The molecule has 0 aromatic rings. The third-order valence-electron chi connectivity index (χ3n) is 2.30. The van der Waals surface area contributed by atoms with Gasteiger partial charge in [-0.25, -0.2) is 0 Å². The SMILES string of the molecule is CC=CCC(=O)N(C)CCCCCC. The largest absolute Gasteiger partial charge is 0.345 e. The molecular weight excluding hydrogens is 174 g/mol. The molecule has 0 fully saturated rings. The molecule has 0 heterocycles. The lowest BCUT2D eigenvalue weighted by Crippen LogP contribution is -2.26. The Morgan fingerprint density at radius 2 is 2.00 bits per heavy atom. The molecule has 0 saturated carbocycles. The first kappa shape index (κ1) is 13.2. The molecule has 0 aliphatic heterocycles. The highest BCUT2D eigenvalue weighted by Crippen LogP contribution is 2.01. The zero-order chi connectivity index (χ0) is 10.8. The smallest absolute Gasteiger partial charge is 0.226 e. The van der Waals surface area contributed by atoms with Crippen LogP contribution in [0, 0.1) is 0 Å². The number of unbranched alkanes of at least 4 members (excludes halogenated alkanes) is 3. The van der Waals surface area contributed by atoms with Gasteiger partial charge >= 0.3 is 0 Å². The number of amides is 1. The summed E-state index contributed by atoms with van der Waals surface area (Å²) in [6, 6.07) is 0. The van der Waals surface area contributed by atoms with E-state index in [0.29, 0.717) is 6.42 Å². The summed E-state index contributed by atoms with van der Waals surface area (Å²) in [7, 11) is 1.89. The molecule has 0 aliphatic rings. The molecule has 1 amide bonds. The summed E-state index contributed by atoms with van der Waals surface area (Å²) in [5, 5.41) is 0. The molecule has 2 nitrogen and oxygen atoms in total. The summed E-state index contributed by atoms with van der Waals surface area (Å²) < 4.78 is 0. The maximum atomic E-state index is 11.4. The van der Waals surface area contributed by atoms with E-state index in [9.17, 15) is 4.79 Å². The van der Waals surface area contributed by atoms with Crippen molar-refractivity contribution in [3.8, 4) is 0 Å². The van der Waals surface area contributed by atoms with Crippen molar-refractivity contribution >= 4 is 5.91 Å². The first-order chi connectivity index (χ1) is 6.72. The Balaban J connectivity index is 3.51. The predicted octanol–water partition coefficient (Wildman–Crippen LogP) is 2.99. The summed E-state index contributed by atoms with van der Waals surface area (Å²) in [4.78, 5) is 13.3. The number of hydrogen-bond donors (Lipinski definition) is 0.